The van der Waals surface area contributed by atoms with E-state index in [2.05, 4.69) is 39.9 Å². The molecule has 0 aliphatic rings. The van der Waals surface area contributed by atoms with Gasteiger partial charge in [-0.1, -0.05) is 20.8 Å². The Balaban J connectivity index is 4.38. The standard InChI is InChI=1S/C14H31NO2/c1-6-10-15-13(12-16-11-7-2)14(5,8-3)17-9-4/h13,15H,6-12H2,1-5H3. The van der Waals surface area contributed by atoms with Gasteiger partial charge >= 0.3 is 0 Å². The Morgan fingerprint density at radius 3 is 2.29 bits per heavy atom. The topological polar surface area (TPSA) is 30.5 Å². The Labute approximate surface area is 107 Å². The third-order valence-corrected chi connectivity index (χ3v) is 3.19. The van der Waals surface area contributed by atoms with Crippen LogP contribution in [0.15, 0.2) is 0 Å². The second-order valence-electron chi connectivity index (χ2n) is 4.68. The Bertz CT molecular complexity index is 176. The average Bonchev–Trinajstić information content (AvgIpc) is 2.33. The molecule has 0 amide bonds. The van der Waals surface area contributed by atoms with Crippen molar-refractivity contribution in [3.05, 3.63) is 0 Å². The van der Waals surface area contributed by atoms with Crippen molar-refractivity contribution in [2.24, 2.45) is 0 Å². The lowest BCUT2D eigenvalue weighted by atomic mass is 9.93. The molecule has 0 aliphatic heterocycles. The molecule has 2 atom stereocenters. The third-order valence-electron chi connectivity index (χ3n) is 3.19. The van der Waals surface area contributed by atoms with Crippen molar-refractivity contribution in [3.63, 3.8) is 0 Å². The highest BCUT2D eigenvalue weighted by atomic mass is 16.5. The van der Waals surface area contributed by atoms with Crippen LogP contribution in [0.4, 0.5) is 0 Å². The average molecular weight is 245 g/mol. The Morgan fingerprint density at radius 1 is 1.12 bits per heavy atom. The van der Waals surface area contributed by atoms with Crippen LogP contribution in [0, 0.1) is 0 Å². The van der Waals surface area contributed by atoms with E-state index in [9.17, 15) is 0 Å². The molecule has 0 rings (SSSR count). The molecule has 0 aromatic heterocycles. The molecular formula is C14H31NO2. The van der Waals surface area contributed by atoms with Crippen molar-refractivity contribution in [2.45, 2.75) is 65.5 Å². The highest BCUT2D eigenvalue weighted by Crippen LogP contribution is 2.20. The van der Waals surface area contributed by atoms with Crippen molar-refractivity contribution in [3.8, 4) is 0 Å². The summed E-state index contributed by atoms with van der Waals surface area (Å²) in [5.41, 5.74) is -0.127. The Morgan fingerprint density at radius 2 is 1.82 bits per heavy atom. The fraction of sp³-hybridized carbons (Fsp3) is 1.00. The SMILES string of the molecule is CCCNC(COCCC)C(C)(CC)OCC. The van der Waals surface area contributed by atoms with Crippen LogP contribution in [0.2, 0.25) is 0 Å². The van der Waals surface area contributed by atoms with Gasteiger partial charge in [0.2, 0.25) is 0 Å². The number of nitrogens with one attached hydrogen (secondary N) is 1. The number of ether oxygens (including phenoxy) is 2. The quantitative estimate of drug-likeness (QED) is 0.568. The minimum atomic E-state index is -0.127. The van der Waals surface area contributed by atoms with Gasteiger partial charge in [0.15, 0.2) is 0 Å². The predicted molar refractivity (Wildman–Crippen MR) is 73.5 cm³/mol. The summed E-state index contributed by atoms with van der Waals surface area (Å²) in [6, 6.07) is 0.277. The zero-order chi connectivity index (χ0) is 13.1. The lowest BCUT2D eigenvalue weighted by Gasteiger charge is -2.37. The van der Waals surface area contributed by atoms with E-state index in [0.717, 1.165) is 45.6 Å². The van der Waals surface area contributed by atoms with E-state index >= 15 is 0 Å². The molecule has 0 aromatic carbocycles. The summed E-state index contributed by atoms with van der Waals surface area (Å²) in [5, 5.41) is 3.55. The van der Waals surface area contributed by atoms with Crippen LogP contribution >= 0.6 is 0 Å². The van der Waals surface area contributed by atoms with Gasteiger partial charge in [0.05, 0.1) is 18.2 Å². The van der Waals surface area contributed by atoms with E-state index in [-0.39, 0.29) is 11.6 Å². The first-order valence-electron chi connectivity index (χ1n) is 7.09. The maximum absolute atomic E-state index is 5.93. The minimum Gasteiger partial charge on any atom is -0.380 e. The van der Waals surface area contributed by atoms with Crippen LogP contribution in [-0.2, 0) is 9.47 Å². The summed E-state index contributed by atoms with van der Waals surface area (Å²) in [4.78, 5) is 0. The zero-order valence-electron chi connectivity index (χ0n) is 12.3. The summed E-state index contributed by atoms with van der Waals surface area (Å²) < 4.78 is 11.6. The molecule has 0 aromatic rings. The van der Waals surface area contributed by atoms with Crippen LogP contribution in [0.3, 0.4) is 0 Å². The first-order chi connectivity index (χ1) is 8.14. The van der Waals surface area contributed by atoms with Gasteiger partial charge in [0.25, 0.3) is 0 Å². The van der Waals surface area contributed by atoms with Gasteiger partial charge in [0, 0.05) is 13.2 Å². The monoisotopic (exact) mass is 245 g/mol. The molecule has 0 spiro atoms. The Kier molecular flexibility index (Phi) is 9.79. The molecular weight excluding hydrogens is 214 g/mol. The van der Waals surface area contributed by atoms with Gasteiger partial charge in [-0.3, -0.25) is 0 Å². The van der Waals surface area contributed by atoms with Gasteiger partial charge < -0.3 is 14.8 Å². The van der Waals surface area contributed by atoms with Crippen molar-refractivity contribution in [1.82, 2.24) is 5.32 Å². The van der Waals surface area contributed by atoms with Crippen LogP contribution in [0.1, 0.15) is 53.9 Å². The van der Waals surface area contributed by atoms with Gasteiger partial charge in [-0.2, -0.15) is 0 Å². The molecule has 1 N–H and O–H groups in total. The molecule has 17 heavy (non-hydrogen) atoms. The molecule has 0 saturated carbocycles. The predicted octanol–water partition coefficient (Wildman–Crippen LogP) is 2.99. The van der Waals surface area contributed by atoms with E-state index in [4.69, 9.17) is 9.47 Å². The molecule has 0 heterocycles. The maximum Gasteiger partial charge on any atom is 0.0826 e. The van der Waals surface area contributed by atoms with Gasteiger partial charge in [0.1, 0.15) is 0 Å². The van der Waals surface area contributed by atoms with Crippen molar-refractivity contribution >= 4 is 0 Å². The van der Waals surface area contributed by atoms with Crippen LogP contribution < -0.4 is 5.32 Å². The molecule has 0 fully saturated rings. The molecule has 104 valence electrons. The first-order valence-corrected chi connectivity index (χ1v) is 7.09. The molecule has 2 unspecified atom stereocenters. The molecule has 0 aliphatic carbocycles. The normalized spacial score (nSPS) is 16.8. The van der Waals surface area contributed by atoms with Crippen LogP contribution in [0.5, 0.6) is 0 Å². The fourth-order valence-electron chi connectivity index (χ4n) is 1.89. The van der Waals surface area contributed by atoms with Crippen molar-refractivity contribution in [2.75, 3.05) is 26.4 Å². The lowest BCUT2D eigenvalue weighted by molar-refractivity contribution is -0.0747. The van der Waals surface area contributed by atoms with E-state index in [1.807, 2.05) is 0 Å². The molecule has 0 bridgehead atoms. The van der Waals surface area contributed by atoms with Crippen molar-refractivity contribution in [1.29, 1.82) is 0 Å². The summed E-state index contributed by atoms with van der Waals surface area (Å²) in [6.45, 7) is 14.1. The van der Waals surface area contributed by atoms with E-state index in [0.29, 0.717) is 0 Å². The highest BCUT2D eigenvalue weighted by Gasteiger charge is 2.32. The number of rotatable bonds is 11. The van der Waals surface area contributed by atoms with Gasteiger partial charge in [-0.15, -0.1) is 0 Å². The molecule has 3 nitrogen and oxygen atoms in total. The second kappa shape index (κ2) is 9.86. The molecule has 3 heteroatoms. The first kappa shape index (κ1) is 16.9. The highest BCUT2D eigenvalue weighted by molar-refractivity contribution is 4.88. The van der Waals surface area contributed by atoms with Crippen molar-refractivity contribution < 1.29 is 9.47 Å². The summed E-state index contributed by atoms with van der Waals surface area (Å²) in [6.07, 6.45) is 3.20. The summed E-state index contributed by atoms with van der Waals surface area (Å²) in [7, 11) is 0. The maximum atomic E-state index is 5.93. The smallest absolute Gasteiger partial charge is 0.0826 e. The van der Waals surface area contributed by atoms with Crippen LogP contribution in [0.25, 0.3) is 0 Å². The van der Waals surface area contributed by atoms with E-state index in [1.54, 1.807) is 0 Å². The van der Waals surface area contributed by atoms with Gasteiger partial charge in [-0.05, 0) is 39.7 Å². The molecule has 0 radical (unpaired) electrons. The second-order valence-corrected chi connectivity index (χ2v) is 4.68. The summed E-state index contributed by atoms with van der Waals surface area (Å²) in [5.74, 6) is 0. The molecule has 0 saturated heterocycles. The zero-order valence-corrected chi connectivity index (χ0v) is 12.3. The van der Waals surface area contributed by atoms with Gasteiger partial charge in [-0.25, -0.2) is 0 Å². The lowest BCUT2D eigenvalue weighted by Crippen LogP contribution is -2.53. The van der Waals surface area contributed by atoms with E-state index in [1.165, 1.54) is 0 Å². The number of hydrogen-bond acceptors (Lipinski definition) is 3. The third kappa shape index (κ3) is 6.39. The Hall–Kier alpha value is -0.120. The minimum absolute atomic E-state index is 0.127. The largest absolute Gasteiger partial charge is 0.380 e. The van der Waals surface area contributed by atoms with Crippen LogP contribution in [-0.4, -0.2) is 38.0 Å². The number of hydrogen-bond donors (Lipinski definition) is 1. The summed E-state index contributed by atoms with van der Waals surface area (Å²) >= 11 is 0. The van der Waals surface area contributed by atoms with E-state index < -0.39 is 0 Å². The fourth-order valence-corrected chi connectivity index (χ4v) is 1.89.